The molecule has 1 heterocycles. The molecule has 1 aliphatic rings. The number of Topliss-reactive ketones (excluding diaryl/α,β-unsaturated/α-hetero) is 1. The molecule has 1 saturated heterocycles. The summed E-state index contributed by atoms with van der Waals surface area (Å²) in [6.45, 7) is 2.35. The molecule has 0 radical (unpaired) electrons. The predicted molar refractivity (Wildman–Crippen MR) is 101 cm³/mol. The largest absolute Gasteiger partial charge is 0.325 e. The molecule has 0 aliphatic carbocycles. The maximum atomic E-state index is 12.5. The van der Waals surface area contributed by atoms with E-state index in [2.05, 4.69) is 5.32 Å². The highest BCUT2D eigenvalue weighted by Crippen LogP contribution is 2.23. The number of carbonyl (C=O) groups is 3. The van der Waals surface area contributed by atoms with Gasteiger partial charge in [0.25, 0.3) is 0 Å². The number of ketones is 1. The summed E-state index contributed by atoms with van der Waals surface area (Å²) in [7, 11) is 0. The van der Waals surface area contributed by atoms with E-state index in [1.54, 1.807) is 53.4 Å². The number of benzene rings is 2. The lowest BCUT2D eigenvalue weighted by molar-refractivity contribution is -0.116. The number of rotatable bonds is 5. The van der Waals surface area contributed by atoms with Crippen LogP contribution in [0.25, 0.3) is 0 Å². The molecule has 6 nitrogen and oxygen atoms in total. The normalized spacial score (nSPS) is 13.8. The number of carbonyl (C=O) groups excluding carboxylic acids is 3. The first-order valence-corrected chi connectivity index (χ1v) is 8.55. The summed E-state index contributed by atoms with van der Waals surface area (Å²) >= 11 is 5.98. The molecule has 2 aromatic carbocycles. The van der Waals surface area contributed by atoms with E-state index in [0.29, 0.717) is 35.1 Å². The molecule has 134 valence electrons. The first-order valence-electron chi connectivity index (χ1n) is 8.17. The Kier molecular flexibility index (Phi) is 5.23. The Labute approximate surface area is 156 Å². The van der Waals surface area contributed by atoms with E-state index in [9.17, 15) is 14.4 Å². The Morgan fingerprint density at radius 1 is 1.12 bits per heavy atom. The molecule has 0 bridgehead atoms. The maximum absolute atomic E-state index is 12.5. The molecule has 1 aliphatic heterocycles. The summed E-state index contributed by atoms with van der Waals surface area (Å²) in [6.07, 6.45) is 0. The molecule has 3 rings (SSSR count). The summed E-state index contributed by atoms with van der Waals surface area (Å²) in [5.74, 6) is -0.389. The predicted octanol–water partition coefficient (Wildman–Crippen LogP) is 3.42. The van der Waals surface area contributed by atoms with Crippen LogP contribution in [0, 0.1) is 0 Å². The number of nitrogens with one attached hydrogen (secondary N) is 1. The average molecular weight is 372 g/mol. The second-order valence-electron chi connectivity index (χ2n) is 6.02. The zero-order valence-corrected chi connectivity index (χ0v) is 15.0. The molecule has 0 saturated carbocycles. The number of amides is 3. The van der Waals surface area contributed by atoms with Crippen molar-refractivity contribution in [3.05, 3.63) is 59.1 Å². The van der Waals surface area contributed by atoms with Crippen LogP contribution in [0.1, 0.15) is 17.3 Å². The first-order chi connectivity index (χ1) is 12.4. The number of urea groups is 1. The Balaban J connectivity index is 1.62. The van der Waals surface area contributed by atoms with Crippen LogP contribution >= 0.6 is 11.6 Å². The third-order valence-electron chi connectivity index (χ3n) is 4.10. The van der Waals surface area contributed by atoms with Crippen LogP contribution in [0.2, 0.25) is 5.02 Å². The summed E-state index contributed by atoms with van der Waals surface area (Å²) in [6, 6.07) is 13.5. The number of anilines is 2. The van der Waals surface area contributed by atoms with Gasteiger partial charge in [0.05, 0.1) is 0 Å². The lowest BCUT2D eigenvalue weighted by Crippen LogP contribution is -2.37. The summed E-state index contributed by atoms with van der Waals surface area (Å²) in [5, 5.41) is 3.28. The van der Waals surface area contributed by atoms with Crippen LogP contribution in [0.3, 0.4) is 0 Å². The van der Waals surface area contributed by atoms with E-state index < -0.39 is 0 Å². The topological polar surface area (TPSA) is 69.7 Å². The van der Waals surface area contributed by atoms with Crippen molar-refractivity contribution >= 4 is 40.7 Å². The number of hydrogen-bond donors (Lipinski definition) is 1. The first kappa shape index (κ1) is 17.9. The highest BCUT2D eigenvalue weighted by atomic mass is 35.5. The lowest BCUT2D eigenvalue weighted by atomic mass is 10.1. The molecule has 0 aromatic heterocycles. The second kappa shape index (κ2) is 7.58. The van der Waals surface area contributed by atoms with Gasteiger partial charge in [0.1, 0.15) is 6.54 Å². The van der Waals surface area contributed by atoms with Crippen LogP contribution in [-0.2, 0) is 4.79 Å². The molecule has 1 N–H and O–H groups in total. The fourth-order valence-electron chi connectivity index (χ4n) is 2.80. The molecule has 1 fully saturated rings. The van der Waals surface area contributed by atoms with E-state index in [1.165, 1.54) is 11.8 Å². The van der Waals surface area contributed by atoms with Crippen molar-refractivity contribution in [3.63, 3.8) is 0 Å². The summed E-state index contributed by atoms with van der Waals surface area (Å²) < 4.78 is 0. The van der Waals surface area contributed by atoms with Crippen molar-refractivity contribution in [1.82, 2.24) is 4.90 Å². The van der Waals surface area contributed by atoms with Gasteiger partial charge in [0.2, 0.25) is 5.91 Å². The Bertz CT molecular complexity index is 869. The number of nitrogens with zero attached hydrogens (tertiary/aromatic N) is 2. The molecule has 26 heavy (non-hydrogen) atoms. The molecule has 7 heteroatoms. The zero-order valence-electron chi connectivity index (χ0n) is 14.2. The van der Waals surface area contributed by atoms with E-state index in [4.69, 9.17) is 11.6 Å². The van der Waals surface area contributed by atoms with Crippen LogP contribution in [0.15, 0.2) is 48.5 Å². The van der Waals surface area contributed by atoms with Crippen molar-refractivity contribution < 1.29 is 14.4 Å². The minimum absolute atomic E-state index is 0.0554. The molecule has 3 amide bonds. The van der Waals surface area contributed by atoms with Gasteiger partial charge in [0, 0.05) is 35.1 Å². The molecule has 0 spiro atoms. The Morgan fingerprint density at radius 2 is 1.88 bits per heavy atom. The van der Waals surface area contributed by atoms with Gasteiger partial charge in [-0.25, -0.2) is 4.79 Å². The standard InChI is InChI=1S/C19H18ClN3O3/c1-13(24)14-4-2-6-16(10-14)21-18(25)12-22-8-9-23(19(22)26)17-7-3-5-15(20)11-17/h2-7,10-11H,8-9,12H2,1H3,(H,21,25). The second-order valence-corrected chi connectivity index (χ2v) is 6.46. The van der Waals surface area contributed by atoms with Crippen molar-refractivity contribution in [1.29, 1.82) is 0 Å². The minimum Gasteiger partial charge on any atom is -0.325 e. The van der Waals surface area contributed by atoms with E-state index >= 15 is 0 Å². The summed E-state index contributed by atoms with van der Waals surface area (Å²) in [4.78, 5) is 39.3. The van der Waals surface area contributed by atoms with Gasteiger partial charge < -0.3 is 10.2 Å². The van der Waals surface area contributed by atoms with Crippen LogP contribution in [0.4, 0.5) is 16.2 Å². The van der Waals surface area contributed by atoms with Gasteiger partial charge in [-0.1, -0.05) is 29.8 Å². The minimum atomic E-state index is -0.313. The number of halogens is 1. The lowest BCUT2D eigenvalue weighted by Gasteiger charge is -2.18. The summed E-state index contributed by atoms with van der Waals surface area (Å²) in [5.41, 5.74) is 1.76. The third kappa shape index (κ3) is 4.03. The van der Waals surface area contributed by atoms with Crippen molar-refractivity contribution in [3.8, 4) is 0 Å². The van der Waals surface area contributed by atoms with Crippen molar-refractivity contribution in [2.75, 3.05) is 29.9 Å². The fourth-order valence-corrected chi connectivity index (χ4v) is 2.99. The molecular formula is C19H18ClN3O3. The van der Waals surface area contributed by atoms with Crippen molar-refractivity contribution in [2.24, 2.45) is 0 Å². The fraction of sp³-hybridized carbons (Fsp3) is 0.211. The maximum Gasteiger partial charge on any atom is 0.325 e. The third-order valence-corrected chi connectivity index (χ3v) is 4.34. The van der Waals surface area contributed by atoms with Gasteiger partial charge in [0.15, 0.2) is 5.78 Å². The highest BCUT2D eigenvalue weighted by Gasteiger charge is 2.30. The molecule has 0 unspecified atom stereocenters. The van der Waals surface area contributed by atoms with Gasteiger partial charge in [-0.05, 0) is 37.3 Å². The van der Waals surface area contributed by atoms with E-state index in [0.717, 1.165) is 0 Å². The van der Waals surface area contributed by atoms with E-state index in [-0.39, 0.29) is 24.3 Å². The van der Waals surface area contributed by atoms with Crippen LogP contribution < -0.4 is 10.2 Å². The zero-order chi connectivity index (χ0) is 18.7. The smallest absolute Gasteiger partial charge is 0.325 e. The van der Waals surface area contributed by atoms with Gasteiger partial charge in [-0.3, -0.25) is 14.5 Å². The highest BCUT2D eigenvalue weighted by molar-refractivity contribution is 6.30. The van der Waals surface area contributed by atoms with Gasteiger partial charge in [-0.2, -0.15) is 0 Å². The van der Waals surface area contributed by atoms with Crippen LogP contribution in [0.5, 0.6) is 0 Å². The quantitative estimate of drug-likeness (QED) is 0.819. The Hall–Kier alpha value is -2.86. The number of hydrogen-bond acceptors (Lipinski definition) is 3. The SMILES string of the molecule is CC(=O)c1cccc(NC(=O)CN2CCN(c3cccc(Cl)c3)C2=O)c1. The molecule has 2 aromatic rings. The van der Waals surface area contributed by atoms with Gasteiger partial charge in [-0.15, -0.1) is 0 Å². The van der Waals surface area contributed by atoms with E-state index in [1.807, 2.05) is 0 Å². The average Bonchev–Trinajstić information content (AvgIpc) is 2.95. The molecular weight excluding hydrogens is 354 g/mol. The van der Waals surface area contributed by atoms with Crippen LogP contribution in [-0.4, -0.2) is 42.3 Å². The van der Waals surface area contributed by atoms with Crippen molar-refractivity contribution in [2.45, 2.75) is 6.92 Å². The molecule has 0 atom stereocenters. The van der Waals surface area contributed by atoms with Gasteiger partial charge >= 0.3 is 6.03 Å². The Morgan fingerprint density at radius 3 is 2.62 bits per heavy atom. The monoisotopic (exact) mass is 371 g/mol.